The standard InChI is InChI=1S/C26H22ClN3O2/c1-32-22-11-12-25-23(13-22)24(17-29(25)15-18-7-9-20(27)10-8-18)26(31)19-14-28-30(16-19)21-5-3-2-4-6-21/h2-14,16,24H,15,17H2,1H3. The van der Waals surface area contributed by atoms with E-state index in [4.69, 9.17) is 16.3 Å². The number of para-hydroxylation sites is 1. The summed E-state index contributed by atoms with van der Waals surface area (Å²) in [7, 11) is 1.64. The first-order valence-corrected chi connectivity index (χ1v) is 10.8. The molecule has 1 aromatic heterocycles. The molecule has 1 aliphatic heterocycles. The molecule has 0 N–H and O–H groups in total. The number of fused-ring (bicyclic) bond motifs is 1. The van der Waals surface area contributed by atoms with Crippen molar-refractivity contribution in [3.63, 3.8) is 0 Å². The average molecular weight is 444 g/mol. The minimum absolute atomic E-state index is 0.0558. The molecule has 5 nitrogen and oxygen atoms in total. The monoisotopic (exact) mass is 443 g/mol. The number of hydrogen-bond acceptors (Lipinski definition) is 4. The molecule has 4 aromatic rings. The first kappa shape index (κ1) is 20.3. The maximum Gasteiger partial charge on any atom is 0.175 e. The van der Waals surface area contributed by atoms with Crippen LogP contribution in [0, 0.1) is 0 Å². The summed E-state index contributed by atoms with van der Waals surface area (Å²) in [5.41, 5.74) is 4.69. The van der Waals surface area contributed by atoms with Gasteiger partial charge in [0, 0.05) is 30.0 Å². The molecular weight excluding hydrogens is 422 g/mol. The van der Waals surface area contributed by atoms with E-state index >= 15 is 0 Å². The Bertz CT molecular complexity index is 1250. The SMILES string of the molecule is COc1ccc2c(c1)C(C(=O)c1cnn(-c3ccccc3)c1)CN2Cc1ccc(Cl)cc1. The van der Waals surface area contributed by atoms with Crippen LogP contribution in [0.1, 0.15) is 27.4 Å². The first-order chi connectivity index (χ1) is 15.6. The third-order valence-electron chi connectivity index (χ3n) is 5.84. The van der Waals surface area contributed by atoms with Crippen LogP contribution in [0.15, 0.2) is 85.2 Å². The molecule has 3 aromatic carbocycles. The van der Waals surface area contributed by atoms with E-state index in [1.165, 1.54) is 0 Å². The van der Waals surface area contributed by atoms with Gasteiger partial charge in [0.1, 0.15) is 5.75 Å². The number of methoxy groups -OCH3 is 1. The van der Waals surface area contributed by atoms with Crippen LogP contribution >= 0.6 is 11.6 Å². The molecular formula is C26H22ClN3O2. The van der Waals surface area contributed by atoms with E-state index in [0.717, 1.165) is 28.3 Å². The number of nitrogens with zero attached hydrogens (tertiary/aromatic N) is 3. The van der Waals surface area contributed by atoms with Crippen molar-refractivity contribution in [2.24, 2.45) is 0 Å². The fraction of sp³-hybridized carbons (Fsp3) is 0.154. The van der Waals surface area contributed by atoms with E-state index < -0.39 is 0 Å². The molecule has 1 atom stereocenters. The molecule has 1 unspecified atom stereocenters. The third kappa shape index (κ3) is 3.87. The summed E-state index contributed by atoms with van der Waals surface area (Å²) in [5, 5.41) is 5.12. The number of ketones is 1. The average Bonchev–Trinajstić information content (AvgIpc) is 3.46. The van der Waals surface area contributed by atoms with Crippen LogP contribution in [0.4, 0.5) is 5.69 Å². The van der Waals surface area contributed by atoms with Gasteiger partial charge in [-0.15, -0.1) is 0 Å². The number of carbonyl (C=O) groups is 1. The van der Waals surface area contributed by atoms with Gasteiger partial charge in [-0.2, -0.15) is 5.10 Å². The van der Waals surface area contributed by atoms with Crippen LogP contribution in [0.2, 0.25) is 5.02 Å². The molecule has 5 rings (SSSR count). The number of aromatic nitrogens is 2. The van der Waals surface area contributed by atoms with Gasteiger partial charge in [0.2, 0.25) is 0 Å². The maximum atomic E-state index is 13.6. The van der Waals surface area contributed by atoms with Gasteiger partial charge in [-0.05, 0) is 53.6 Å². The van der Waals surface area contributed by atoms with Crippen molar-refractivity contribution in [3.05, 3.63) is 107 Å². The van der Waals surface area contributed by atoms with Gasteiger partial charge < -0.3 is 9.64 Å². The molecule has 32 heavy (non-hydrogen) atoms. The Morgan fingerprint density at radius 2 is 1.88 bits per heavy atom. The Morgan fingerprint density at radius 3 is 2.62 bits per heavy atom. The molecule has 6 heteroatoms. The Morgan fingerprint density at radius 1 is 1.09 bits per heavy atom. The summed E-state index contributed by atoms with van der Waals surface area (Å²) < 4.78 is 7.18. The molecule has 0 spiro atoms. The summed E-state index contributed by atoms with van der Waals surface area (Å²) in [6, 6.07) is 23.5. The van der Waals surface area contributed by atoms with Crippen molar-refractivity contribution in [2.45, 2.75) is 12.5 Å². The zero-order chi connectivity index (χ0) is 22.1. The van der Waals surface area contributed by atoms with Crippen molar-refractivity contribution in [2.75, 3.05) is 18.6 Å². The number of anilines is 1. The topological polar surface area (TPSA) is 47.4 Å². The number of rotatable bonds is 6. The second-order valence-electron chi connectivity index (χ2n) is 7.86. The van der Waals surface area contributed by atoms with Gasteiger partial charge in [-0.3, -0.25) is 4.79 Å². The zero-order valence-corrected chi connectivity index (χ0v) is 18.4. The first-order valence-electron chi connectivity index (χ1n) is 10.4. The molecule has 1 aliphatic rings. The van der Waals surface area contributed by atoms with E-state index in [1.807, 2.05) is 72.8 Å². The van der Waals surface area contributed by atoms with Gasteiger partial charge >= 0.3 is 0 Å². The normalized spacial score (nSPS) is 14.9. The summed E-state index contributed by atoms with van der Waals surface area (Å²) >= 11 is 6.04. The molecule has 0 bridgehead atoms. The van der Waals surface area contributed by atoms with Crippen LogP contribution in [-0.2, 0) is 6.54 Å². The Kier molecular flexibility index (Phi) is 5.41. The third-order valence-corrected chi connectivity index (χ3v) is 6.10. The Labute approximate surface area is 191 Å². The molecule has 160 valence electrons. The lowest BCUT2D eigenvalue weighted by atomic mass is 9.93. The molecule has 0 aliphatic carbocycles. The molecule has 0 saturated heterocycles. The number of carbonyl (C=O) groups excluding carboxylic acids is 1. The minimum Gasteiger partial charge on any atom is -0.497 e. The van der Waals surface area contributed by atoms with Gasteiger partial charge in [0.25, 0.3) is 0 Å². The second-order valence-corrected chi connectivity index (χ2v) is 8.29. The maximum absolute atomic E-state index is 13.6. The van der Waals surface area contributed by atoms with Gasteiger partial charge in [0.15, 0.2) is 5.78 Å². The smallest absolute Gasteiger partial charge is 0.175 e. The Balaban J connectivity index is 1.45. The van der Waals surface area contributed by atoms with Crippen molar-refractivity contribution in [3.8, 4) is 11.4 Å². The molecule has 2 heterocycles. The minimum atomic E-state index is -0.291. The number of halogens is 1. The van der Waals surface area contributed by atoms with Crippen LogP contribution in [0.5, 0.6) is 5.75 Å². The van der Waals surface area contributed by atoms with E-state index in [2.05, 4.69) is 10.00 Å². The van der Waals surface area contributed by atoms with Crippen LogP contribution in [-0.4, -0.2) is 29.2 Å². The van der Waals surface area contributed by atoms with E-state index in [1.54, 1.807) is 24.2 Å². The Hall–Kier alpha value is -3.57. The predicted octanol–water partition coefficient (Wildman–Crippen LogP) is 5.52. The van der Waals surface area contributed by atoms with Gasteiger partial charge in [-0.1, -0.05) is 41.9 Å². The number of benzene rings is 3. The lowest BCUT2D eigenvalue weighted by Crippen LogP contribution is -2.24. The van der Waals surface area contributed by atoms with Gasteiger partial charge in [0.05, 0.1) is 30.5 Å². The highest BCUT2D eigenvalue weighted by Gasteiger charge is 2.35. The lowest BCUT2D eigenvalue weighted by Gasteiger charge is -2.20. The fourth-order valence-electron chi connectivity index (χ4n) is 4.20. The molecule has 0 saturated carbocycles. The lowest BCUT2D eigenvalue weighted by molar-refractivity contribution is 0.0964. The largest absolute Gasteiger partial charge is 0.497 e. The van der Waals surface area contributed by atoms with Crippen LogP contribution in [0.25, 0.3) is 5.69 Å². The van der Waals surface area contributed by atoms with E-state index in [-0.39, 0.29) is 11.7 Å². The van der Waals surface area contributed by atoms with Crippen molar-refractivity contribution >= 4 is 23.1 Å². The van der Waals surface area contributed by atoms with Crippen molar-refractivity contribution < 1.29 is 9.53 Å². The molecule has 0 fully saturated rings. The van der Waals surface area contributed by atoms with E-state index in [9.17, 15) is 4.79 Å². The highest BCUT2D eigenvalue weighted by molar-refractivity contribution is 6.30. The van der Waals surface area contributed by atoms with Crippen molar-refractivity contribution in [1.82, 2.24) is 9.78 Å². The summed E-state index contributed by atoms with van der Waals surface area (Å²) in [6.07, 6.45) is 3.45. The second kappa shape index (κ2) is 8.52. The number of Topliss-reactive ketones (excluding diaryl/α,β-unsaturated/α-hetero) is 1. The van der Waals surface area contributed by atoms with Crippen molar-refractivity contribution in [1.29, 1.82) is 0 Å². The highest BCUT2D eigenvalue weighted by Crippen LogP contribution is 2.41. The number of ether oxygens (including phenoxy) is 1. The van der Waals surface area contributed by atoms with Crippen LogP contribution < -0.4 is 9.64 Å². The summed E-state index contributed by atoms with van der Waals surface area (Å²) in [4.78, 5) is 15.8. The predicted molar refractivity (Wildman–Crippen MR) is 126 cm³/mol. The zero-order valence-electron chi connectivity index (χ0n) is 17.6. The molecule has 0 radical (unpaired) electrons. The fourth-order valence-corrected chi connectivity index (χ4v) is 4.33. The summed E-state index contributed by atoms with van der Waals surface area (Å²) in [6.45, 7) is 1.30. The number of hydrogen-bond donors (Lipinski definition) is 0. The quantitative estimate of drug-likeness (QED) is 0.368. The van der Waals surface area contributed by atoms with Crippen LogP contribution in [0.3, 0.4) is 0 Å². The summed E-state index contributed by atoms with van der Waals surface area (Å²) in [5.74, 6) is 0.510. The van der Waals surface area contributed by atoms with Gasteiger partial charge in [-0.25, -0.2) is 4.68 Å². The van der Waals surface area contributed by atoms with E-state index in [0.29, 0.717) is 23.7 Å². The highest BCUT2D eigenvalue weighted by atomic mass is 35.5. The molecule has 0 amide bonds.